The molecule has 144 valence electrons. The number of thiophene rings is 1. The summed E-state index contributed by atoms with van der Waals surface area (Å²) in [6, 6.07) is 4.98. The van der Waals surface area contributed by atoms with E-state index in [0.717, 1.165) is 29.9 Å². The Morgan fingerprint density at radius 2 is 2.00 bits per heavy atom. The van der Waals surface area contributed by atoms with E-state index < -0.39 is 29.7 Å². The van der Waals surface area contributed by atoms with Crippen LogP contribution in [-0.4, -0.2) is 24.5 Å². The molecule has 0 bridgehead atoms. The zero-order valence-corrected chi connectivity index (χ0v) is 15.2. The molecule has 0 aliphatic carbocycles. The van der Waals surface area contributed by atoms with Gasteiger partial charge in [0.2, 0.25) is 0 Å². The first kappa shape index (κ1) is 19.4. The van der Waals surface area contributed by atoms with Crippen LogP contribution < -0.4 is 10.6 Å². The van der Waals surface area contributed by atoms with Crippen molar-refractivity contribution in [1.29, 1.82) is 0 Å². The average molecular weight is 398 g/mol. The summed E-state index contributed by atoms with van der Waals surface area (Å²) in [6.45, 7) is 2.17. The lowest BCUT2D eigenvalue weighted by atomic mass is 10.1. The fourth-order valence-electron chi connectivity index (χ4n) is 2.76. The second-order valence-electron chi connectivity index (χ2n) is 6.14. The summed E-state index contributed by atoms with van der Waals surface area (Å²) < 4.78 is 45.6. The normalized spacial score (nSPS) is 17.0. The molecule has 9 heteroatoms. The number of rotatable bonds is 4. The molecule has 0 unspecified atom stereocenters. The number of hydrogen-bond donors (Lipinski definition) is 2. The van der Waals surface area contributed by atoms with Crippen LogP contribution in [0.4, 0.5) is 24.5 Å². The van der Waals surface area contributed by atoms with Gasteiger partial charge in [-0.1, -0.05) is 0 Å². The van der Waals surface area contributed by atoms with Gasteiger partial charge in [0.15, 0.2) is 0 Å². The van der Waals surface area contributed by atoms with Gasteiger partial charge in [-0.25, -0.2) is 0 Å². The fourth-order valence-corrected chi connectivity index (χ4v) is 3.58. The minimum absolute atomic E-state index is 0.00636. The van der Waals surface area contributed by atoms with Crippen LogP contribution in [-0.2, 0) is 15.7 Å². The molecule has 2 aromatic rings. The van der Waals surface area contributed by atoms with Crippen molar-refractivity contribution in [2.75, 3.05) is 17.2 Å². The van der Waals surface area contributed by atoms with E-state index in [1.165, 1.54) is 6.07 Å². The predicted molar refractivity (Wildman–Crippen MR) is 96.1 cm³/mol. The van der Waals surface area contributed by atoms with Crippen LogP contribution in [0.25, 0.3) is 0 Å². The fraction of sp³-hybridized carbons (Fsp3) is 0.333. The molecule has 2 N–H and O–H groups in total. The van der Waals surface area contributed by atoms with E-state index in [9.17, 15) is 22.8 Å². The van der Waals surface area contributed by atoms with E-state index in [1.807, 2.05) is 0 Å². The van der Waals surface area contributed by atoms with Crippen molar-refractivity contribution in [1.82, 2.24) is 0 Å². The van der Waals surface area contributed by atoms with Crippen LogP contribution in [0.15, 0.2) is 29.6 Å². The molecule has 1 aromatic heterocycles. The van der Waals surface area contributed by atoms with Gasteiger partial charge >= 0.3 is 6.18 Å². The molecule has 0 radical (unpaired) electrons. The summed E-state index contributed by atoms with van der Waals surface area (Å²) in [5.74, 6) is -1.09. The largest absolute Gasteiger partial charge is 0.418 e. The first-order chi connectivity index (χ1) is 12.8. The highest BCUT2D eigenvalue weighted by Gasteiger charge is 2.35. The molecule has 1 aliphatic heterocycles. The molecular weight excluding hydrogens is 381 g/mol. The number of amides is 2. The number of carbonyl (C=O) groups excluding carboxylic acids is 2. The van der Waals surface area contributed by atoms with Crippen molar-refractivity contribution in [2.45, 2.75) is 32.0 Å². The molecule has 0 saturated carbocycles. The third kappa shape index (κ3) is 4.48. The number of nitrogens with one attached hydrogen (secondary N) is 2. The maximum atomic E-state index is 13.5. The van der Waals surface area contributed by atoms with Gasteiger partial charge in [-0.15, -0.1) is 11.3 Å². The molecule has 1 saturated heterocycles. The minimum Gasteiger partial charge on any atom is -0.368 e. The third-order valence-electron chi connectivity index (χ3n) is 4.13. The van der Waals surface area contributed by atoms with E-state index >= 15 is 0 Å². The zero-order valence-electron chi connectivity index (χ0n) is 14.4. The highest BCUT2D eigenvalue weighted by atomic mass is 32.1. The van der Waals surface area contributed by atoms with E-state index in [0.29, 0.717) is 23.5 Å². The van der Waals surface area contributed by atoms with Gasteiger partial charge in [-0.05, 0) is 55.0 Å². The Balaban J connectivity index is 1.83. The first-order valence-electron chi connectivity index (χ1n) is 8.25. The number of ether oxygens (including phenoxy) is 1. The van der Waals surface area contributed by atoms with Crippen LogP contribution >= 0.6 is 11.3 Å². The van der Waals surface area contributed by atoms with E-state index in [1.54, 1.807) is 18.4 Å². The second kappa shape index (κ2) is 7.69. The lowest BCUT2D eigenvalue weighted by Crippen LogP contribution is -2.27. The Kier molecular flexibility index (Phi) is 5.52. The highest BCUT2D eigenvalue weighted by Crippen LogP contribution is 2.37. The number of halogens is 3. The number of carbonyl (C=O) groups is 2. The Morgan fingerprint density at radius 1 is 1.22 bits per heavy atom. The van der Waals surface area contributed by atoms with Crippen LogP contribution in [0.5, 0.6) is 0 Å². The summed E-state index contributed by atoms with van der Waals surface area (Å²) in [7, 11) is 0. The number of benzene rings is 1. The van der Waals surface area contributed by atoms with Crippen molar-refractivity contribution < 1.29 is 27.5 Å². The van der Waals surface area contributed by atoms with Crippen LogP contribution in [0, 0.1) is 6.92 Å². The molecule has 1 atom stereocenters. The monoisotopic (exact) mass is 398 g/mol. The molecule has 2 heterocycles. The predicted octanol–water partition coefficient (Wildman–Crippen LogP) is 4.45. The van der Waals surface area contributed by atoms with Crippen LogP contribution in [0.1, 0.15) is 33.6 Å². The van der Waals surface area contributed by atoms with Gasteiger partial charge in [0.25, 0.3) is 11.8 Å². The van der Waals surface area contributed by atoms with E-state index in [4.69, 9.17) is 4.74 Å². The van der Waals surface area contributed by atoms with Crippen molar-refractivity contribution in [3.63, 3.8) is 0 Å². The molecular formula is C18H17F3N2O3S. The van der Waals surface area contributed by atoms with Gasteiger partial charge in [0, 0.05) is 12.3 Å². The SMILES string of the molecule is Cc1ccsc1C(=O)Nc1ccc(NC(=O)[C@H]2CCCO2)cc1C(F)(F)F. The molecule has 0 spiro atoms. The van der Waals surface area contributed by atoms with Gasteiger partial charge in [0.05, 0.1) is 16.1 Å². The third-order valence-corrected chi connectivity index (χ3v) is 5.15. The number of aryl methyl sites for hydroxylation is 1. The number of alkyl halides is 3. The molecule has 27 heavy (non-hydrogen) atoms. The van der Waals surface area contributed by atoms with Gasteiger partial charge in [0.1, 0.15) is 6.10 Å². The maximum absolute atomic E-state index is 13.5. The summed E-state index contributed by atoms with van der Waals surface area (Å²) in [4.78, 5) is 24.6. The second-order valence-corrected chi connectivity index (χ2v) is 7.05. The Morgan fingerprint density at radius 3 is 2.59 bits per heavy atom. The van der Waals surface area contributed by atoms with Crippen molar-refractivity contribution >= 4 is 34.5 Å². The average Bonchev–Trinajstić information content (AvgIpc) is 3.26. The van der Waals surface area contributed by atoms with Crippen molar-refractivity contribution in [3.05, 3.63) is 45.6 Å². The van der Waals surface area contributed by atoms with Crippen LogP contribution in [0.2, 0.25) is 0 Å². The Hall–Kier alpha value is -2.39. The quantitative estimate of drug-likeness (QED) is 0.800. The summed E-state index contributed by atoms with van der Waals surface area (Å²) in [5, 5.41) is 6.44. The standard InChI is InChI=1S/C18H17F3N2O3S/c1-10-6-8-27-15(10)17(25)23-13-5-4-11(9-12(13)18(19,20)21)22-16(24)14-3-2-7-26-14/h4-6,8-9,14H,2-3,7H2,1H3,(H,22,24)(H,23,25)/t14-/m1/s1. The smallest absolute Gasteiger partial charge is 0.368 e. The van der Waals surface area contributed by atoms with Gasteiger partial charge in [-0.2, -0.15) is 13.2 Å². The summed E-state index contributed by atoms with van der Waals surface area (Å²) >= 11 is 1.15. The molecule has 1 aliphatic rings. The highest BCUT2D eigenvalue weighted by molar-refractivity contribution is 7.12. The van der Waals surface area contributed by atoms with Gasteiger partial charge in [-0.3, -0.25) is 9.59 Å². The molecule has 1 fully saturated rings. The topological polar surface area (TPSA) is 67.4 Å². The number of hydrogen-bond acceptors (Lipinski definition) is 4. The lowest BCUT2D eigenvalue weighted by Gasteiger charge is -2.16. The zero-order chi connectivity index (χ0) is 19.6. The molecule has 1 aromatic carbocycles. The lowest BCUT2D eigenvalue weighted by molar-refractivity contribution is -0.137. The summed E-state index contributed by atoms with van der Waals surface area (Å²) in [5.41, 5.74) is -0.717. The molecule has 2 amide bonds. The maximum Gasteiger partial charge on any atom is 0.418 e. The van der Waals surface area contributed by atoms with Gasteiger partial charge < -0.3 is 15.4 Å². The Bertz CT molecular complexity index is 858. The van der Waals surface area contributed by atoms with E-state index in [2.05, 4.69) is 10.6 Å². The van der Waals surface area contributed by atoms with Crippen molar-refractivity contribution in [3.8, 4) is 0 Å². The molecule has 3 rings (SSSR count). The summed E-state index contributed by atoms with van der Waals surface area (Å²) in [6.07, 6.45) is -4.08. The first-order valence-corrected chi connectivity index (χ1v) is 9.13. The van der Waals surface area contributed by atoms with Crippen molar-refractivity contribution in [2.24, 2.45) is 0 Å². The minimum atomic E-state index is -4.70. The van der Waals surface area contributed by atoms with Crippen LogP contribution in [0.3, 0.4) is 0 Å². The Labute approximate surface area is 157 Å². The number of anilines is 2. The molecule has 5 nitrogen and oxygen atoms in total. The van der Waals surface area contributed by atoms with E-state index in [-0.39, 0.29) is 11.4 Å².